The van der Waals surface area contributed by atoms with Gasteiger partial charge in [0.25, 0.3) is 5.91 Å². The molecule has 0 fully saturated rings. The maximum Gasteiger partial charge on any atom is 0.256 e. The summed E-state index contributed by atoms with van der Waals surface area (Å²) in [6.07, 6.45) is 1.07. The van der Waals surface area contributed by atoms with Crippen molar-refractivity contribution < 1.29 is 9.90 Å². The van der Waals surface area contributed by atoms with Crippen LogP contribution in [-0.2, 0) is 19.4 Å². The van der Waals surface area contributed by atoms with Gasteiger partial charge in [-0.05, 0) is 54.3 Å². The molecule has 5 nitrogen and oxygen atoms in total. The van der Waals surface area contributed by atoms with Crippen molar-refractivity contribution in [2.75, 3.05) is 18.4 Å². The number of benzene rings is 2. The highest BCUT2D eigenvalue weighted by Crippen LogP contribution is 2.41. The Morgan fingerprint density at radius 3 is 2.87 bits per heavy atom. The Morgan fingerprint density at radius 2 is 2.06 bits per heavy atom. The second kappa shape index (κ2) is 8.19. The molecule has 3 N–H and O–H groups in total. The molecule has 2 aliphatic heterocycles. The fourth-order valence-electron chi connectivity index (χ4n) is 4.40. The topological polar surface area (TPSA) is 64.6 Å². The Balaban J connectivity index is 1.44. The highest BCUT2D eigenvalue weighted by Gasteiger charge is 2.33. The zero-order chi connectivity index (χ0) is 21.5. The number of phenolic OH excluding ortho intramolecular Hbond substituents is 1. The maximum absolute atomic E-state index is 13.0. The number of carbonyl (C=O) groups excluding carboxylic acids is 1. The van der Waals surface area contributed by atoms with E-state index in [0.29, 0.717) is 12.0 Å². The van der Waals surface area contributed by atoms with E-state index in [1.54, 1.807) is 17.4 Å². The number of nitrogens with one attached hydrogen (secondary N) is 2. The second-order valence-corrected chi connectivity index (χ2v) is 9.55. The van der Waals surface area contributed by atoms with Gasteiger partial charge >= 0.3 is 0 Å². The highest BCUT2D eigenvalue weighted by atomic mass is 35.5. The van der Waals surface area contributed by atoms with Crippen molar-refractivity contribution in [1.82, 2.24) is 10.2 Å². The van der Waals surface area contributed by atoms with Gasteiger partial charge in [0.2, 0.25) is 0 Å². The van der Waals surface area contributed by atoms with Crippen LogP contribution < -0.4 is 10.6 Å². The highest BCUT2D eigenvalue weighted by molar-refractivity contribution is 7.16. The first-order valence-corrected chi connectivity index (χ1v) is 11.7. The third-order valence-corrected chi connectivity index (χ3v) is 7.63. The van der Waals surface area contributed by atoms with Gasteiger partial charge in [-0.1, -0.05) is 42.8 Å². The molecule has 5 rings (SSSR count). The first kappa shape index (κ1) is 20.4. The Hall–Kier alpha value is -2.54. The van der Waals surface area contributed by atoms with Gasteiger partial charge in [0.1, 0.15) is 16.9 Å². The smallest absolute Gasteiger partial charge is 0.256 e. The van der Waals surface area contributed by atoms with Gasteiger partial charge in [-0.15, -0.1) is 11.3 Å². The van der Waals surface area contributed by atoms with Crippen LogP contribution in [0.3, 0.4) is 0 Å². The van der Waals surface area contributed by atoms with E-state index in [1.807, 2.05) is 36.4 Å². The Bertz CT molecular complexity index is 1160. The number of rotatable bonds is 4. The average Bonchev–Trinajstić information content (AvgIpc) is 3.14. The number of halogens is 1. The summed E-state index contributed by atoms with van der Waals surface area (Å²) in [5.74, 6) is 0.0831. The molecule has 2 aromatic carbocycles. The third-order valence-electron chi connectivity index (χ3n) is 6.12. The molecule has 0 spiro atoms. The van der Waals surface area contributed by atoms with Gasteiger partial charge in [0.15, 0.2) is 0 Å². The van der Waals surface area contributed by atoms with Gasteiger partial charge in [0.05, 0.1) is 5.56 Å². The van der Waals surface area contributed by atoms with Crippen molar-refractivity contribution in [2.45, 2.75) is 32.5 Å². The van der Waals surface area contributed by atoms with Gasteiger partial charge in [0, 0.05) is 28.6 Å². The van der Waals surface area contributed by atoms with Crippen LogP contribution in [-0.4, -0.2) is 29.0 Å². The van der Waals surface area contributed by atoms with Gasteiger partial charge in [-0.25, -0.2) is 0 Å². The molecule has 3 heterocycles. The zero-order valence-electron chi connectivity index (χ0n) is 17.2. The molecule has 160 valence electrons. The fourth-order valence-corrected chi connectivity index (χ4v) is 5.92. The molecule has 0 aliphatic carbocycles. The largest absolute Gasteiger partial charge is 0.508 e. The quantitative estimate of drug-likeness (QED) is 0.524. The summed E-state index contributed by atoms with van der Waals surface area (Å²) in [5.41, 5.74) is 4.65. The first-order chi connectivity index (χ1) is 15.0. The lowest BCUT2D eigenvalue weighted by molar-refractivity contribution is 0.0934. The molecular formula is C24H24ClN3O2S. The molecule has 1 atom stereocenters. The first-order valence-electron chi connectivity index (χ1n) is 10.5. The number of amides is 1. The molecule has 0 saturated heterocycles. The van der Waals surface area contributed by atoms with E-state index in [4.69, 9.17) is 11.6 Å². The van der Waals surface area contributed by atoms with E-state index >= 15 is 0 Å². The predicted octanol–water partition coefficient (Wildman–Crippen LogP) is 4.93. The van der Waals surface area contributed by atoms with E-state index in [1.165, 1.54) is 10.4 Å². The molecule has 0 saturated carbocycles. The maximum atomic E-state index is 13.0. The summed E-state index contributed by atoms with van der Waals surface area (Å²) in [6.45, 7) is 5.05. The number of thiophene rings is 1. The Morgan fingerprint density at radius 1 is 1.23 bits per heavy atom. The van der Waals surface area contributed by atoms with Crippen LogP contribution in [0, 0.1) is 0 Å². The summed E-state index contributed by atoms with van der Waals surface area (Å²) in [4.78, 5) is 16.7. The normalized spacial score (nSPS) is 18.1. The van der Waals surface area contributed by atoms with Gasteiger partial charge in [-0.2, -0.15) is 0 Å². The molecule has 0 radical (unpaired) electrons. The minimum absolute atomic E-state index is 0.0721. The van der Waals surface area contributed by atoms with E-state index in [0.717, 1.165) is 52.8 Å². The molecule has 1 amide bonds. The summed E-state index contributed by atoms with van der Waals surface area (Å²) in [6, 6.07) is 13.3. The summed E-state index contributed by atoms with van der Waals surface area (Å²) in [5, 5.41) is 18.7. The Labute approximate surface area is 190 Å². The number of likely N-dealkylation sites (N-methyl/N-ethyl adjacent to an activating group) is 1. The summed E-state index contributed by atoms with van der Waals surface area (Å²) in [7, 11) is 0. The molecule has 0 bridgehead atoms. The molecule has 1 unspecified atom stereocenters. The van der Waals surface area contributed by atoms with Crippen LogP contribution in [0.15, 0.2) is 42.5 Å². The Kier molecular flexibility index (Phi) is 5.38. The van der Waals surface area contributed by atoms with E-state index < -0.39 is 6.17 Å². The lowest BCUT2D eigenvalue weighted by Gasteiger charge is -2.28. The fraction of sp³-hybridized carbons (Fsp3) is 0.292. The SMILES string of the molecule is CCN1CCc2c(sc3c2C(=O)NC(c2cc(Cc4ccccc4Cl)ccc2O)N3)C1. The summed E-state index contributed by atoms with van der Waals surface area (Å²) >= 11 is 7.98. The molecule has 1 aromatic heterocycles. The lowest BCUT2D eigenvalue weighted by atomic mass is 9.98. The standard InChI is InChI=1S/C24H24ClN3O2S/c1-2-28-10-9-16-20(13-28)31-24-21(16)23(30)26-22(27-24)17-12-14(7-8-19(17)29)11-15-5-3-4-6-18(15)25/h3-8,12,22,27,29H,2,9-11,13H2,1H3,(H,26,30). The second-order valence-electron chi connectivity index (χ2n) is 8.04. The minimum atomic E-state index is -0.478. The van der Waals surface area contributed by atoms with Gasteiger partial charge < -0.3 is 15.7 Å². The number of phenols is 1. The van der Waals surface area contributed by atoms with Crippen molar-refractivity contribution in [2.24, 2.45) is 0 Å². The van der Waals surface area contributed by atoms with Crippen LogP contribution in [0.2, 0.25) is 5.02 Å². The van der Waals surface area contributed by atoms with Crippen molar-refractivity contribution in [3.8, 4) is 5.75 Å². The predicted molar refractivity (Wildman–Crippen MR) is 125 cm³/mol. The molecule has 31 heavy (non-hydrogen) atoms. The van der Waals surface area contributed by atoms with E-state index in [9.17, 15) is 9.90 Å². The van der Waals surface area contributed by atoms with Crippen LogP contribution in [0.4, 0.5) is 5.00 Å². The number of aromatic hydroxyl groups is 1. The van der Waals surface area contributed by atoms with Crippen molar-refractivity contribution >= 4 is 33.8 Å². The molecule has 3 aromatic rings. The summed E-state index contributed by atoms with van der Waals surface area (Å²) < 4.78 is 0. The molecular weight excluding hydrogens is 430 g/mol. The van der Waals surface area contributed by atoms with Crippen LogP contribution in [0.25, 0.3) is 0 Å². The number of hydrogen-bond donors (Lipinski definition) is 3. The number of anilines is 1. The van der Waals surface area contributed by atoms with Crippen molar-refractivity contribution in [3.05, 3.63) is 80.2 Å². The number of carbonyl (C=O) groups is 1. The van der Waals surface area contributed by atoms with Crippen molar-refractivity contribution in [1.29, 1.82) is 0 Å². The van der Waals surface area contributed by atoms with Gasteiger partial charge in [-0.3, -0.25) is 9.69 Å². The van der Waals surface area contributed by atoms with E-state index in [2.05, 4.69) is 22.5 Å². The molecule has 2 aliphatic rings. The number of nitrogens with zero attached hydrogens (tertiary/aromatic N) is 1. The van der Waals surface area contributed by atoms with Crippen LogP contribution >= 0.6 is 22.9 Å². The molecule has 7 heteroatoms. The van der Waals surface area contributed by atoms with Crippen LogP contribution in [0.1, 0.15) is 50.6 Å². The van der Waals surface area contributed by atoms with E-state index in [-0.39, 0.29) is 11.7 Å². The number of hydrogen-bond acceptors (Lipinski definition) is 5. The monoisotopic (exact) mass is 453 g/mol. The van der Waals surface area contributed by atoms with Crippen LogP contribution in [0.5, 0.6) is 5.75 Å². The number of fused-ring (bicyclic) bond motifs is 3. The minimum Gasteiger partial charge on any atom is -0.508 e. The third kappa shape index (κ3) is 3.80. The lowest BCUT2D eigenvalue weighted by Crippen LogP contribution is -2.39. The van der Waals surface area contributed by atoms with Crippen molar-refractivity contribution in [3.63, 3.8) is 0 Å². The zero-order valence-corrected chi connectivity index (χ0v) is 18.8. The average molecular weight is 454 g/mol.